The smallest absolute Gasteiger partial charge is 0.0620 e. The van der Waals surface area contributed by atoms with E-state index in [0.29, 0.717) is 11.5 Å². The minimum absolute atomic E-state index is 0.565. The molecule has 0 amide bonds. The van der Waals surface area contributed by atoms with Crippen LogP contribution in [0, 0.1) is 11.3 Å². The van der Waals surface area contributed by atoms with E-state index in [9.17, 15) is 0 Å². The van der Waals surface area contributed by atoms with Gasteiger partial charge in [-0.3, -0.25) is 0 Å². The van der Waals surface area contributed by atoms with E-state index in [0.717, 1.165) is 32.2 Å². The molecule has 94 valence electrons. The number of hydrogen-bond donors (Lipinski definition) is 2. The molecule has 2 aliphatic rings. The van der Waals surface area contributed by atoms with Crippen molar-refractivity contribution in [3.63, 3.8) is 0 Å². The number of hydrogen-bond acceptors (Lipinski definition) is 3. The average molecular weight is 226 g/mol. The van der Waals surface area contributed by atoms with Crippen molar-refractivity contribution in [2.24, 2.45) is 11.3 Å². The summed E-state index contributed by atoms with van der Waals surface area (Å²) in [4.78, 5) is 0. The fraction of sp³-hybridized carbons (Fsp3) is 1.00. The molecule has 0 spiro atoms. The highest BCUT2D eigenvalue weighted by Gasteiger charge is 2.44. The summed E-state index contributed by atoms with van der Waals surface area (Å²) >= 11 is 0. The van der Waals surface area contributed by atoms with Crippen LogP contribution in [0.3, 0.4) is 0 Å². The lowest BCUT2D eigenvalue weighted by molar-refractivity contribution is 0.0741. The van der Waals surface area contributed by atoms with Crippen molar-refractivity contribution in [3.8, 4) is 0 Å². The van der Waals surface area contributed by atoms with Crippen LogP contribution in [0.5, 0.6) is 0 Å². The maximum Gasteiger partial charge on any atom is 0.0620 e. The highest BCUT2D eigenvalue weighted by Crippen LogP contribution is 2.51. The molecule has 1 saturated heterocycles. The van der Waals surface area contributed by atoms with E-state index in [1.165, 1.54) is 25.8 Å². The molecule has 0 aromatic heterocycles. The third kappa shape index (κ3) is 3.19. The molecule has 1 heterocycles. The molecule has 1 aliphatic carbocycles. The van der Waals surface area contributed by atoms with E-state index in [2.05, 4.69) is 24.5 Å². The van der Waals surface area contributed by atoms with Crippen molar-refractivity contribution in [1.82, 2.24) is 10.6 Å². The van der Waals surface area contributed by atoms with Crippen molar-refractivity contribution >= 4 is 0 Å². The minimum Gasteiger partial charge on any atom is -0.379 e. The molecular weight excluding hydrogens is 200 g/mol. The standard InChI is InChI=1S/C13H26N2O/c1-11(2)13(4-5-13)10-14-6-3-12-9-16-8-7-15-12/h11-12,14-15H,3-10H2,1-2H3. The van der Waals surface area contributed by atoms with Crippen molar-refractivity contribution in [3.05, 3.63) is 0 Å². The SMILES string of the molecule is CC(C)C1(CNCCC2COCCN2)CC1. The summed E-state index contributed by atoms with van der Waals surface area (Å²) in [6.07, 6.45) is 4.03. The van der Waals surface area contributed by atoms with Crippen LogP contribution >= 0.6 is 0 Å². The molecule has 1 atom stereocenters. The Morgan fingerprint density at radius 2 is 2.25 bits per heavy atom. The first-order valence-corrected chi connectivity index (χ1v) is 6.75. The minimum atomic E-state index is 0.565. The Balaban J connectivity index is 1.55. The molecule has 3 nitrogen and oxygen atoms in total. The largest absolute Gasteiger partial charge is 0.379 e. The van der Waals surface area contributed by atoms with Crippen LogP contribution < -0.4 is 10.6 Å². The average Bonchev–Trinajstić information content (AvgIpc) is 3.07. The second-order valence-electron chi connectivity index (χ2n) is 5.71. The number of nitrogens with one attached hydrogen (secondary N) is 2. The molecule has 0 aromatic carbocycles. The summed E-state index contributed by atoms with van der Waals surface area (Å²) in [5.74, 6) is 0.830. The Labute approximate surface area is 99.3 Å². The summed E-state index contributed by atoms with van der Waals surface area (Å²) in [6, 6.07) is 0.565. The molecule has 16 heavy (non-hydrogen) atoms. The van der Waals surface area contributed by atoms with Crippen LogP contribution in [0.2, 0.25) is 0 Å². The monoisotopic (exact) mass is 226 g/mol. The van der Waals surface area contributed by atoms with Gasteiger partial charge in [0.05, 0.1) is 13.2 Å². The fourth-order valence-corrected chi connectivity index (χ4v) is 2.54. The number of morpholine rings is 1. The molecule has 1 unspecified atom stereocenters. The molecule has 1 aliphatic heterocycles. The van der Waals surface area contributed by atoms with Gasteiger partial charge in [0.15, 0.2) is 0 Å². The lowest BCUT2D eigenvalue weighted by atomic mass is 9.92. The first-order chi connectivity index (χ1) is 7.73. The van der Waals surface area contributed by atoms with Gasteiger partial charge >= 0.3 is 0 Å². The molecule has 2 N–H and O–H groups in total. The van der Waals surface area contributed by atoms with E-state index in [-0.39, 0.29) is 0 Å². The summed E-state index contributed by atoms with van der Waals surface area (Å²) < 4.78 is 5.44. The molecule has 0 radical (unpaired) electrons. The normalized spacial score (nSPS) is 28.3. The van der Waals surface area contributed by atoms with Crippen molar-refractivity contribution in [2.75, 3.05) is 32.8 Å². The van der Waals surface area contributed by atoms with E-state index in [1.807, 2.05) is 0 Å². The number of rotatable bonds is 6. The number of ether oxygens (including phenoxy) is 1. The Morgan fingerprint density at radius 3 is 2.81 bits per heavy atom. The second kappa shape index (κ2) is 5.48. The third-order valence-corrected chi connectivity index (χ3v) is 4.26. The maximum absolute atomic E-state index is 5.44. The lowest BCUT2D eigenvalue weighted by Gasteiger charge is -2.25. The Bertz CT molecular complexity index is 208. The summed E-state index contributed by atoms with van der Waals surface area (Å²) in [5.41, 5.74) is 0.635. The second-order valence-corrected chi connectivity index (χ2v) is 5.71. The predicted molar refractivity (Wildman–Crippen MR) is 66.6 cm³/mol. The molecule has 0 bridgehead atoms. The molecule has 1 saturated carbocycles. The van der Waals surface area contributed by atoms with Crippen molar-refractivity contribution < 1.29 is 4.74 Å². The zero-order chi connectivity index (χ0) is 11.4. The van der Waals surface area contributed by atoms with E-state index in [4.69, 9.17) is 4.74 Å². The topological polar surface area (TPSA) is 33.3 Å². The maximum atomic E-state index is 5.44. The predicted octanol–water partition coefficient (Wildman–Crippen LogP) is 1.39. The lowest BCUT2D eigenvalue weighted by Crippen LogP contribution is -2.43. The van der Waals surface area contributed by atoms with Crippen LogP contribution in [0.15, 0.2) is 0 Å². The fourth-order valence-electron chi connectivity index (χ4n) is 2.54. The Hall–Kier alpha value is -0.120. The molecule has 2 rings (SSSR count). The molecular formula is C13H26N2O. The van der Waals surface area contributed by atoms with Crippen LogP contribution in [0.1, 0.15) is 33.1 Å². The van der Waals surface area contributed by atoms with Crippen molar-refractivity contribution in [1.29, 1.82) is 0 Å². The summed E-state index contributed by atoms with van der Waals surface area (Å²) in [7, 11) is 0. The Morgan fingerprint density at radius 1 is 1.44 bits per heavy atom. The van der Waals surface area contributed by atoms with Gasteiger partial charge in [0.1, 0.15) is 0 Å². The summed E-state index contributed by atoms with van der Waals surface area (Å²) in [5, 5.41) is 7.11. The first-order valence-electron chi connectivity index (χ1n) is 6.75. The van der Waals surface area contributed by atoms with E-state index >= 15 is 0 Å². The van der Waals surface area contributed by atoms with Gasteiger partial charge in [-0.2, -0.15) is 0 Å². The van der Waals surface area contributed by atoms with Crippen LogP contribution in [0.4, 0.5) is 0 Å². The van der Waals surface area contributed by atoms with Crippen LogP contribution in [0.25, 0.3) is 0 Å². The van der Waals surface area contributed by atoms with E-state index < -0.39 is 0 Å². The van der Waals surface area contributed by atoms with Crippen LogP contribution in [-0.2, 0) is 4.74 Å². The Kier molecular flexibility index (Phi) is 4.22. The van der Waals surface area contributed by atoms with E-state index in [1.54, 1.807) is 0 Å². The molecule has 0 aromatic rings. The highest BCUT2D eigenvalue weighted by molar-refractivity contribution is 4.97. The quantitative estimate of drug-likeness (QED) is 0.672. The summed E-state index contributed by atoms with van der Waals surface area (Å²) in [6.45, 7) is 9.81. The van der Waals surface area contributed by atoms with Gasteiger partial charge < -0.3 is 15.4 Å². The molecule has 3 heteroatoms. The molecule has 2 fully saturated rings. The van der Waals surface area contributed by atoms with Gasteiger partial charge in [-0.05, 0) is 37.1 Å². The van der Waals surface area contributed by atoms with Gasteiger partial charge in [0.2, 0.25) is 0 Å². The van der Waals surface area contributed by atoms with Gasteiger partial charge in [-0.25, -0.2) is 0 Å². The van der Waals surface area contributed by atoms with Gasteiger partial charge in [0, 0.05) is 19.1 Å². The van der Waals surface area contributed by atoms with Crippen LogP contribution in [-0.4, -0.2) is 38.9 Å². The van der Waals surface area contributed by atoms with Crippen molar-refractivity contribution in [2.45, 2.75) is 39.2 Å². The zero-order valence-electron chi connectivity index (χ0n) is 10.7. The van der Waals surface area contributed by atoms with Gasteiger partial charge in [-0.1, -0.05) is 13.8 Å². The van der Waals surface area contributed by atoms with Gasteiger partial charge in [0.25, 0.3) is 0 Å². The zero-order valence-corrected chi connectivity index (χ0v) is 10.7. The third-order valence-electron chi connectivity index (χ3n) is 4.26. The highest BCUT2D eigenvalue weighted by atomic mass is 16.5. The van der Waals surface area contributed by atoms with Gasteiger partial charge in [-0.15, -0.1) is 0 Å². The first kappa shape index (κ1) is 12.3.